The lowest BCUT2D eigenvalue weighted by molar-refractivity contribution is 0.0729. The van der Waals surface area contributed by atoms with Crippen LogP contribution in [0.5, 0.6) is 0 Å². The predicted octanol–water partition coefficient (Wildman–Crippen LogP) is 2.98. The molecule has 3 rings (SSSR count). The van der Waals surface area contributed by atoms with Crippen LogP contribution in [0.15, 0.2) is 28.1 Å². The van der Waals surface area contributed by atoms with Gasteiger partial charge in [0.15, 0.2) is 0 Å². The molecule has 0 aliphatic carbocycles. The van der Waals surface area contributed by atoms with E-state index in [1.807, 2.05) is 17.0 Å². The van der Waals surface area contributed by atoms with Crippen LogP contribution in [0.3, 0.4) is 0 Å². The topological polar surface area (TPSA) is 59.2 Å². The lowest BCUT2D eigenvalue weighted by atomic mass is 10.00. The first kappa shape index (κ1) is 16.4. The highest BCUT2D eigenvalue weighted by Gasteiger charge is 2.24. The Hall–Kier alpha value is -0.950. The van der Waals surface area contributed by atoms with E-state index in [4.69, 9.17) is 5.73 Å². The first-order valence-corrected chi connectivity index (χ1v) is 8.06. The molecular weight excluding hydrogens is 374 g/mol. The van der Waals surface area contributed by atoms with Crippen molar-refractivity contribution >= 4 is 45.6 Å². The molecule has 0 unspecified atom stereocenters. The zero-order valence-electron chi connectivity index (χ0n) is 11.2. The second-order valence-corrected chi connectivity index (χ2v) is 6.48. The average Bonchev–Trinajstić information content (AvgIpc) is 2.95. The van der Waals surface area contributed by atoms with Crippen molar-refractivity contribution in [3.8, 4) is 0 Å². The minimum atomic E-state index is -0.0117. The van der Waals surface area contributed by atoms with E-state index in [9.17, 15) is 4.79 Å². The lowest BCUT2D eigenvalue weighted by Crippen LogP contribution is -2.36. The summed E-state index contributed by atoms with van der Waals surface area (Å²) in [4.78, 5) is 18.6. The zero-order valence-corrected chi connectivity index (χ0v) is 14.4. The molecule has 1 aliphatic rings. The minimum Gasteiger partial charge on any atom is -0.333 e. The Kier molecular flexibility index (Phi) is 5.37. The van der Waals surface area contributed by atoms with Crippen LogP contribution in [0.25, 0.3) is 0 Å². The van der Waals surface area contributed by atoms with Gasteiger partial charge in [0, 0.05) is 29.5 Å². The molecule has 0 saturated carbocycles. The van der Waals surface area contributed by atoms with Crippen LogP contribution in [0.1, 0.15) is 26.6 Å². The number of halogens is 2. The molecule has 0 spiro atoms. The van der Waals surface area contributed by atoms with Crippen molar-refractivity contribution in [3.05, 3.63) is 49.9 Å². The van der Waals surface area contributed by atoms with Crippen LogP contribution in [0, 0.1) is 0 Å². The van der Waals surface area contributed by atoms with Gasteiger partial charge in [0.1, 0.15) is 10.7 Å². The fourth-order valence-corrected chi connectivity index (χ4v) is 3.56. The zero-order chi connectivity index (χ0) is 14.1. The number of carbonyl (C=O) groups is 1. The normalized spacial score (nSPS) is 13.5. The van der Waals surface area contributed by atoms with Crippen LogP contribution >= 0.6 is 39.7 Å². The van der Waals surface area contributed by atoms with Gasteiger partial charge in [-0.05, 0) is 23.6 Å². The summed E-state index contributed by atoms with van der Waals surface area (Å²) < 4.78 is 1.06. The number of rotatable bonds is 2. The van der Waals surface area contributed by atoms with Gasteiger partial charge in [0.2, 0.25) is 0 Å². The van der Waals surface area contributed by atoms with Crippen LogP contribution in [0.2, 0.25) is 0 Å². The molecule has 21 heavy (non-hydrogen) atoms. The molecule has 0 atom stereocenters. The summed E-state index contributed by atoms with van der Waals surface area (Å²) in [5, 5.41) is 2.59. The van der Waals surface area contributed by atoms with E-state index >= 15 is 0 Å². The van der Waals surface area contributed by atoms with Crippen molar-refractivity contribution < 1.29 is 4.79 Å². The van der Waals surface area contributed by atoms with E-state index in [2.05, 4.69) is 27.0 Å². The highest BCUT2D eigenvalue weighted by Crippen LogP contribution is 2.27. The fourth-order valence-electron chi connectivity index (χ4n) is 2.38. The number of fused-ring (bicyclic) bond motifs is 1. The van der Waals surface area contributed by atoms with Gasteiger partial charge in [-0.1, -0.05) is 28.1 Å². The third-order valence-corrected chi connectivity index (χ3v) is 5.06. The first-order chi connectivity index (χ1) is 9.69. The van der Waals surface area contributed by atoms with E-state index in [-0.39, 0.29) is 18.3 Å². The van der Waals surface area contributed by atoms with Gasteiger partial charge < -0.3 is 10.6 Å². The van der Waals surface area contributed by atoms with Crippen molar-refractivity contribution in [2.24, 2.45) is 5.73 Å². The Balaban J connectivity index is 0.00000161. The van der Waals surface area contributed by atoms with E-state index in [1.54, 1.807) is 5.38 Å². The Bertz CT molecular complexity index is 661. The van der Waals surface area contributed by atoms with Crippen LogP contribution in [-0.4, -0.2) is 22.3 Å². The molecule has 1 aromatic carbocycles. The summed E-state index contributed by atoms with van der Waals surface area (Å²) >= 11 is 5.00. The third kappa shape index (κ3) is 3.29. The van der Waals surface area contributed by atoms with Crippen molar-refractivity contribution in [2.75, 3.05) is 6.54 Å². The third-order valence-electron chi connectivity index (χ3n) is 3.45. The fraction of sp³-hybridized carbons (Fsp3) is 0.286. The predicted molar refractivity (Wildman–Crippen MR) is 89.8 cm³/mol. The maximum Gasteiger partial charge on any atom is 0.273 e. The average molecular weight is 389 g/mol. The molecular formula is C14H15BrClN3OS. The number of hydrogen-bond donors (Lipinski definition) is 1. The second kappa shape index (κ2) is 6.87. The number of carbonyl (C=O) groups excluding carboxylic acids is 1. The van der Waals surface area contributed by atoms with Crippen molar-refractivity contribution in [2.45, 2.75) is 19.5 Å². The molecule has 0 fully saturated rings. The Morgan fingerprint density at radius 2 is 2.29 bits per heavy atom. The van der Waals surface area contributed by atoms with Gasteiger partial charge in [-0.2, -0.15) is 0 Å². The first-order valence-electron chi connectivity index (χ1n) is 6.39. The SMILES string of the molecule is Cl.NCc1nc(C(=O)N2CCc3cccc(Br)c3C2)cs1. The number of aromatic nitrogens is 1. The van der Waals surface area contributed by atoms with Gasteiger partial charge in [0.05, 0.1) is 0 Å². The number of thiazole rings is 1. The number of benzene rings is 1. The van der Waals surface area contributed by atoms with Gasteiger partial charge in [-0.15, -0.1) is 23.7 Å². The standard InChI is InChI=1S/C14H14BrN3OS.ClH/c15-11-3-1-2-9-4-5-18(7-10(9)11)14(19)12-8-20-13(6-16)17-12;/h1-3,8H,4-7,16H2;1H. The lowest BCUT2D eigenvalue weighted by Gasteiger charge is -2.29. The highest BCUT2D eigenvalue weighted by atomic mass is 79.9. The van der Waals surface area contributed by atoms with Crippen LogP contribution in [-0.2, 0) is 19.5 Å². The molecule has 1 aliphatic heterocycles. The molecule has 0 bridgehead atoms. The molecule has 1 aromatic heterocycles. The Morgan fingerprint density at radius 3 is 3.00 bits per heavy atom. The van der Waals surface area contributed by atoms with Gasteiger partial charge in [-0.25, -0.2) is 4.98 Å². The summed E-state index contributed by atoms with van der Waals surface area (Å²) in [7, 11) is 0. The summed E-state index contributed by atoms with van der Waals surface area (Å²) in [5.41, 5.74) is 8.55. The van der Waals surface area contributed by atoms with Gasteiger partial charge in [0.25, 0.3) is 5.91 Å². The summed E-state index contributed by atoms with van der Waals surface area (Å²) in [6.07, 6.45) is 0.883. The monoisotopic (exact) mass is 387 g/mol. The van der Waals surface area contributed by atoms with E-state index in [1.165, 1.54) is 22.5 Å². The molecule has 4 nitrogen and oxygen atoms in total. The quantitative estimate of drug-likeness (QED) is 0.860. The molecule has 0 radical (unpaired) electrons. The van der Waals surface area contributed by atoms with E-state index in [0.29, 0.717) is 18.8 Å². The summed E-state index contributed by atoms with van der Waals surface area (Å²) in [6.45, 7) is 1.75. The molecule has 1 amide bonds. The Labute approximate surface area is 141 Å². The molecule has 0 saturated heterocycles. The maximum atomic E-state index is 12.5. The smallest absolute Gasteiger partial charge is 0.273 e. The summed E-state index contributed by atoms with van der Waals surface area (Å²) in [5.74, 6) is -0.0117. The van der Waals surface area contributed by atoms with Gasteiger partial charge in [-0.3, -0.25) is 4.79 Å². The highest BCUT2D eigenvalue weighted by molar-refractivity contribution is 9.10. The minimum absolute atomic E-state index is 0. The second-order valence-electron chi connectivity index (χ2n) is 4.68. The van der Waals surface area contributed by atoms with E-state index < -0.39 is 0 Å². The molecule has 2 aromatic rings. The molecule has 112 valence electrons. The number of nitrogens with two attached hydrogens (primary N) is 1. The summed E-state index contributed by atoms with van der Waals surface area (Å²) in [6, 6.07) is 6.17. The molecule has 7 heteroatoms. The molecule has 2 N–H and O–H groups in total. The van der Waals surface area contributed by atoms with E-state index in [0.717, 1.165) is 22.4 Å². The van der Waals surface area contributed by atoms with Crippen LogP contribution < -0.4 is 5.73 Å². The molecule has 2 heterocycles. The maximum absolute atomic E-state index is 12.5. The van der Waals surface area contributed by atoms with Crippen molar-refractivity contribution in [1.29, 1.82) is 0 Å². The van der Waals surface area contributed by atoms with Crippen molar-refractivity contribution in [3.63, 3.8) is 0 Å². The number of amides is 1. The van der Waals surface area contributed by atoms with Crippen molar-refractivity contribution in [1.82, 2.24) is 9.88 Å². The van der Waals surface area contributed by atoms with Gasteiger partial charge >= 0.3 is 0 Å². The van der Waals surface area contributed by atoms with Crippen LogP contribution in [0.4, 0.5) is 0 Å². The largest absolute Gasteiger partial charge is 0.333 e. The number of hydrogen-bond acceptors (Lipinski definition) is 4. The Morgan fingerprint density at radius 1 is 1.48 bits per heavy atom. The number of nitrogens with zero attached hydrogens (tertiary/aromatic N) is 2.